The summed E-state index contributed by atoms with van der Waals surface area (Å²) in [4.78, 5) is 31.9. The summed E-state index contributed by atoms with van der Waals surface area (Å²) in [5.41, 5.74) is 0.961. The molecule has 2 aromatic heterocycles. The van der Waals surface area contributed by atoms with E-state index < -0.39 is 18.5 Å². The van der Waals surface area contributed by atoms with Crippen LogP contribution in [0, 0.1) is 13.8 Å². The molecule has 0 saturated heterocycles. The Bertz CT molecular complexity index is 687. The van der Waals surface area contributed by atoms with E-state index in [9.17, 15) is 9.59 Å². The first-order chi connectivity index (χ1) is 9.97. The smallest absolute Gasteiger partial charge is 0.350 e. The number of rotatable bonds is 4. The number of amides is 1. The van der Waals surface area contributed by atoms with Crippen molar-refractivity contribution in [2.75, 3.05) is 11.9 Å². The van der Waals surface area contributed by atoms with Gasteiger partial charge in [0.15, 0.2) is 11.8 Å². The van der Waals surface area contributed by atoms with Gasteiger partial charge in [-0.2, -0.15) is 0 Å². The molecule has 0 bridgehead atoms. The molecule has 1 amide bonds. The molecule has 0 aliphatic heterocycles. The summed E-state index contributed by atoms with van der Waals surface area (Å²) in [5, 5.41) is 3.46. The molecule has 1 N–H and O–H groups in total. The molecule has 0 aliphatic carbocycles. The third-order valence-electron chi connectivity index (χ3n) is 2.46. The van der Waals surface area contributed by atoms with Crippen molar-refractivity contribution >= 4 is 40.5 Å². The Kier molecular flexibility index (Phi) is 4.87. The number of thiazole rings is 1. The Balaban J connectivity index is 1.91. The van der Waals surface area contributed by atoms with Gasteiger partial charge in [0.2, 0.25) is 0 Å². The highest BCUT2D eigenvalue weighted by Gasteiger charge is 2.17. The zero-order valence-corrected chi connectivity index (χ0v) is 12.9. The monoisotopic (exact) mass is 325 g/mol. The van der Waals surface area contributed by atoms with Gasteiger partial charge in [0.05, 0.1) is 16.4 Å². The van der Waals surface area contributed by atoms with E-state index in [4.69, 9.17) is 16.3 Å². The van der Waals surface area contributed by atoms with Crippen molar-refractivity contribution in [1.82, 2.24) is 9.97 Å². The molecule has 6 nitrogen and oxygen atoms in total. The molecule has 21 heavy (non-hydrogen) atoms. The summed E-state index contributed by atoms with van der Waals surface area (Å²) < 4.78 is 4.95. The molecule has 110 valence electrons. The van der Waals surface area contributed by atoms with Crippen LogP contribution in [-0.2, 0) is 9.53 Å². The van der Waals surface area contributed by atoms with Crippen LogP contribution in [0.5, 0.6) is 0 Å². The molecule has 0 fully saturated rings. The Hall–Kier alpha value is -1.99. The van der Waals surface area contributed by atoms with Gasteiger partial charge >= 0.3 is 5.97 Å². The minimum Gasteiger partial charge on any atom is -0.451 e. The number of carbonyl (C=O) groups excluding carboxylic acids is 2. The van der Waals surface area contributed by atoms with E-state index in [-0.39, 0.29) is 5.15 Å². The van der Waals surface area contributed by atoms with Gasteiger partial charge < -0.3 is 10.1 Å². The zero-order chi connectivity index (χ0) is 15.4. The fourth-order valence-electron chi connectivity index (χ4n) is 1.58. The third kappa shape index (κ3) is 3.99. The maximum atomic E-state index is 11.8. The Labute approximate surface area is 130 Å². The van der Waals surface area contributed by atoms with E-state index >= 15 is 0 Å². The van der Waals surface area contributed by atoms with Crippen molar-refractivity contribution in [3.63, 3.8) is 0 Å². The summed E-state index contributed by atoms with van der Waals surface area (Å²) >= 11 is 7.04. The topological polar surface area (TPSA) is 81.2 Å². The summed E-state index contributed by atoms with van der Waals surface area (Å²) in [6, 6.07) is 3.24. The maximum Gasteiger partial charge on any atom is 0.350 e. The van der Waals surface area contributed by atoms with Crippen LogP contribution in [0.15, 0.2) is 18.3 Å². The summed E-state index contributed by atoms with van der Waals surface area (Å²) in [6.07, 6.45) is 1.51. The lowest BCUT2D eigenvalue weighted by Crippen LogP contribution is -2.21. The number of nitrogens with one attached hydrogen (secondary N) is 1. The quantitative estimate of drug-likeness (QED) is 0.690. The van der Waals surface area contributed by atoms with Crippen LogP contribution in [0.25, 0.3) is 0 Å². The number of hydrogen-bond acceptors (Lipinski definition) is 6. The van der Waals surface area contributed by atoms with Crippen LogP contribution in [0.4, 0.5) is 5.69 Å². The Morgan fingerprint density at radius 2 is 2.19 bits per heavy atom. The molecule has 2 heterocycles. The van der Waals surface area contributed by atoms with E-state index in [0.29, 0.717) is 16.3 Å². The second-order valence-corrected chi connectivity index (χ2v) is 5.67. The molecule has 2 rings (SSSR count). The van der Waals surface area contributed by atoms with Crippen molar-refractivity contribution in [3.05, 3.63) is 39.1 Å². The van der Waals surface area contributed by atoms with Crippen molar-refractivity contribution in [1.29, 1.82) is 0 Å². The molecule has 0 saturated carbocycles. The van der Waals surface area contributed by atoms with Gasteiger partial charge in [0, 0.05) is 6.20 Å². The van der Waals surface area contributed by atoms with Gasteiger partial charge in [-0.1, -0.05) is 11.6 Å². The van der Waals surface area contributed by atoms with E-state index in [0.717, 1.165) is 5.01 Å². The van der Waals surface area contributed by atoms with E-state index in [1.807, 2.05) is 0 Å². The van der Waals surface area contributed by atoms with Gasteiger partial charge in [-0.05, 0) is 26.0 Å². The van der Waals surface area contributed by atoms with Gasteiger partial charge in [-0.25, -0.2) is 14.8 Å². The highest BCUT2D eigenvalue weighted by atomic mass is 35.5. The number of esters is 1. The van der Waals surface area contributed by atoms with Crippen LogP contribution in [0.1, 0.15) is 20.4 Å². The van der Waals surface area contributed by atoms with Gasteiger partial charge in [0.1, 0.15) is 4.88 Å². The number of carbonyl (C=O) groups is 2. The van der Waals surface area contributed by atoms with E-state index in [1.54, 1.807) is 26.0 Å². The Morgan fingerprint density at radius 1 is 1.43 bits per heavy atom. The van der Waals surface area contributed by atoms with Gasteiger partial charge in [-0.3, -0.25) is 4.79 Å². The van der Waals surface area contributed by atoms with E-state index in [2.05, 4.69) is 15.3 Å². The number of ether oxygens (including phenoxy) is 1. The molecule has 2 aromatic rings. The highest BCUT2D eigenvalue weighted by molar-refractivity contribution is 7.13. The van der Waals surface area contributed by atoms with E-state index in [1.165, 1.54) is 17.5 Å². The van der Waals surface area contributed by atoms with Crippen molar-refractivity contribution in [2.24, 2.45) is 0 Å². The van der Waals surface area contributed by atoms with Gasteiger partial charge in [0.25, 0.3) is 5.91 Å². The largest absolute Gasteiger partial charge is 0.451 e. The van der Waals surface area contributed by atoms with Crippen LogP contribution < -0.4 is 5.32 Å². The third-order valence-corrected chi connectivity index (χ3v) is 3.81. The first kappa shape index (κ1) is 15.4. The molecular weight excluding hydrogens is 314 g/mol. The predicted octanol–water partition coefficient (Wildman–Crippen LogP) is 2.60. The summed E-state index contributed by atoms with van der Waals surface area (Å²) in [5.74, 6) is -1.05. The maximum absolute atomic E-state index is 11.8. The van der Waals surface area contributed by atoms with Crippen LogP contribution in [0.3, 0.4) is 0 Å². The lowest BCUT2D eigenvalue weighted by atomic mass is 10.4. The Morgan fingerprint density at radius 3 is 2.81 bits per heavy atom. The first-order valence-electron chi connectivity index (χ1n) is 5.99. The van der Waals surface area contributed by atoms with Crippen LogP contribution in [-0.4, -0.2) is 28.5 Å². The lowest BCUT2D eigenvalue weighted by molar-refractivity contribution is -0.119. The fraction of sp³-hybridized carbons (Fsp3) is 0.231. The molecule has 0 atom stereocenters. The average molecular weight is 326 g/mol. The second-order valence-electron chi connectivity index (χ2n) is 4.11. The van der Waals surface area contributed by atoms with Crippen LogP contribution in [0.2, 0.25) is 5.15 Å². The summed E-state index contributed by atoms with van der Waals surface area (Å²) in [6.45, 7) is 3.11. The van der Waals surface area contributed by atoms with Crippen molar-refractivity contribution in [2.45, 2.75) is 13.8 Å². The zero-order valence-electron chi connectivity index (χ0n) is 11.3. The predicted molar refractivity (Wildman–Crippen MR) is 79.7 cm³/mol. The fourth-order valence-corrected chi connectivity index (χ4v) is 2.56. The minimum absolute atomic E-state index is 0.172. The number of pyridine rings is 1. The molecule has 0 unspecified atom stereocenters. The second kappa shape index (κ2) is 6.64. The number of hydrogen-bond donors (Lipinski definition) is 1. The first-order valence-corrected chi connectivity index (χ1v) is 7.18. The number of nitrogens with zero attached hydrogens (tertiary/aromatic N) is 2. The number of aryl methyl sites for hydroxylation is 2. The normalized spacial score (nSPS) is 10.2. The standard InChI is InChI=1S/C13H12ClN3O3S/c1-7-11(21-8(2)16-7)13(19)20-6-10(18)17-9-4-3-5-15-12(9)14/h3-5H,6H2,1-2H3,(H,17,18). The molecule has 0 spiro atoms. The molecular formula is C13H12ClN3O3S. The average Bonchev–Trinajstić information content (AvgIpc) is 2.78. The van der Waals surface area contributed by atoms with Gasteiger partial charge in [-0.15, -0.1) is 11.3 Å². The minimum atomic E-state index is -0.564. The lowest BCUT2D eigenvalue weighted by Gasteiger charge is -2.06. The van der Waals surface area contributed by atoms with Crippen molar-refractivity contribution < 1.29 is 14.3 Å². The molecule has 0 radical (unpaired) electrons. The number of anilines is 1. The molecule has 0 aromatic carbocycles. The number of aromatic nitrogens is 2. The highest BCUT2D eigenvalue weighted by Crippen LogP contribution is 2.19. The molecule has 0 aliphatic rings. The summed E-state index contributed by atoms with van der Waals surface area (Å²) in [7, 11) is 0. The SMILES string of the molecule is Cc1nc(C)c(C(=O)OCC(=O)Nc2cccnc2Cl)s1. The number of halogens is 1. The van der Waals surface area contributed by atoms with Crippen molar-refractivity contribution in [3.8, 4) is 0 Å². The molecule has 8 heteroatoms. The van der Waals surface area contributed by atoms with Crippen LogP contribution >= 0.6 is 22.9 Å².